The highest BCUT2D eigenvalue weighted by atomic mass is 19.1. The molecule has 208 valence electrons. The molecule has 10 heteroatoms. The van der Waals surface area contributed by atoms with E-state index in [2.05, 4.69) is 39.9 Å². The number of anilines is 1. The highest BCUT2D eigenvalue weighted by molar-refractivity contribution is 5.89. The molecule has 3 aromatic heterocycles. The predicted molar refractivity (Wildman–Crippen MR) is 147 cm³/mol. The molecule has 0 unspecified atom stereocenters. The van der Waals surface area contributed by atoms with Gasteiger partial charge in [-0.2, -0.15) is 10.2 Å². The summed E-state index contributed by atoms with van der Waals surface area (Å²) in [5.74, 6) is 0.0607. The van der Waals surface area contributed by atoms with Crippen molar-refractivity contribution in [3.63, 3.8) is 0 Å². The number of carbonyl (C=O) groups excluding carboxylic acids is 1. The molecule has 9 nitrogen and oxygen atoms in total. The van der Waals surface area contributed by atoms with Gasteiger partial charge in [0.15, 0.2) is 5.65 Å². The fourth-order valence-electron chi connectivity index (χ4n) is 7.66. The Morgan fingerprint density at radius 2 is 1.90 bits per heavy atom. The molecule has 0 atom stereocenters. The second-order valence-electron chi connectivity index (χ2n) is 12.7. The molecule has 0 radical (unpaired) electrons. The van der Waals surface area contributed by atoms with Crippen molar-refractivity contribution in [2.45, 2.75) is 83.6 Å². The first-order chi connectivity index (χ1) is 18.7. The lowest BCUT2D eigenvalue weighted by Crippen LogP contribution is -2.60. The highest BCUT2D eigenvalue weighted by Crippen LogP contribution is 2.53. The Bertz CT molecular complexity index is 1410. The fourth-order valence-corrected chi connectivity index (χ4v) is 7.66. The van der Waals surface area contributed by atoms with Crippen LogP contribution in [-0.2, 0) is 31.4 Å². The van der Waals surface area contributed by atoms with Crippen LogP contribution in [0.4, 0.5) is 10.1 Å². The van der Waals surface area contributed by atoms with E-state index in [9.17, 15) is 9.18 Å². The summed E-state index contributed by atoms with van der Waals surface area (Å²) in [6.45, 7) is 8.10. The van der Waals surface area contributed by atoms with E-state index in [1.54, 1.807) is 0 Å². The molecule has 8 rings (SSSR count). The van der Waals surface area contributed by atoms with Gasteiger partial charge in [0.1, 0.15) is 6.17 Å². The largest absolute Gasteiger partial charge is 0.366 e. The second kappa shape index (κ2) is 9.01. The molecule has 0 spiro atoms. The van der Waals surface area contributed by atoms with E-state index in [0.717, 1.165) is 87.0 Å². The number of pyridine rings is 1. The Kier molecular flexibility index (Phi) is 5.77. The number of alkyl halides is 1. The van der Waals surface area contributed by atoms with Gasteiger partial charge in [0.2, 0.25) is 5.91 Å². The Balaban J connectivity index is 1.04. The molecule has 39 heavy (non-hydrogen) atoms. The monoisotopic (exact) mass is 534 g/mol. The van der Waals surface area contributed by atoms with Crippen molar-refractivity contribution in [3.05, 3.63) is 34.9 Å². The van der Waals surface area contributed by atoms with E-state index in [-0.39, 0.29) is 16.9 Å². The van der Waals surface area contributed by atoms with Gasteiger partial charge in [-0.3, -0.25) is 19.1 Å². The molecular formula is C29H39FN8O. The third kappa shape index (κ3) is 4.31. The zero-order valence-electron chi connectivity index (χ0n) is 23.3. The number of nitrogens with zero attached hydrogens (tertiary/aromatic N) is 7. The number of nitrogens with one attached hydrogen (secondary N) is 1. The van der Waals surface area contributed by atoms with Crippen LogP contribution in [0.5, 0.6) is 0 Å². The molecule has 3 aliphatic carbocycles. The van der Waals surface area contributed by atoms with Gasteiger partial charge in [-0.25, -0.2) is 9.37 Å². The van der Waals surface area contributed by atoms with E-state index in [1.165, 1.54) is 16.9 Å². The molecular weight excluding hydrogens is 495 g/mol. The van der Waals surface area contributed by atoms with Crippen LogP contribution in [0.3, 0.4) is 0 Å². The first kappa shape index (κ1) is 25.0. The van der Waals surface area contributed by atoms with Crippen molar-refractivity contribution in [2.24, 2.45) is 12.5 Å². The lowest BCUT2D eigenvalue weighted by molar-refractivity contribution is -0.128. The molecule has 2 aliphatic heterocycles. The molecule has 3 aromatic rings. The van der Waals surface area contributed by atoms with Crippen LogP contribution in [0.1, 0.15) is 61.2 Å². The van der Waals surface area contributed by atoms with Crippen molar-refractivity contribution >= 4 is 22.6 Å². The second-order valence-corrected chi connectivity index (χ2v) is 12.7. The van der Waals surface area contributed by atoms with Gasteiger partial charge in [0.05, 0.1) is 29.5 Å². The number of amides is 1. The maximum absolute atomic E-state index is 13.1. The average molecular weight is 535 g/mol. The SMILES string of the molecule is Cc1cc(N2CCc3c(c(C)nn3CC34CCC(NC(=O)CN5CC(F)C5)(CC3)CC4)C2)c2cnn(C)c2n1. The van der Waals surface area contributed by atoms with Crippen molar-refractivity contribution in [2.75, 3.05) is 31.1 Å². The zero-order valence-corrected chi connectivity index (χ0v) is 23.3. The summed E-state index contributed by atoms with van der Waals surface area (Å²) < 4.78 is 17.3. The molecule has 0 aromatic carbocycles. The molecule has 2 bridgehead atoms. The Morgan fingerprint density at radius 1 is 1.15 bits per heavy atom. The van der Waals surface area contributed by atoms with Crippen molar-refractivity contribution < 1.29 is 9.18 Å². The molecule has 1 saturated heterocycles. The standard InChI is InChI=1S/C29H39FN8O/c1-19-12-25(22-13-31-35(3)27(22)32-19)37-11-4-24-23(16-37)20(2)34-38(24)18-28-5-8-29(9-6-28,10-7-28)33-26(39)17-36-14-21(30)15-36/h12-13,21H,4-11,14-18H2,1-3H3,(H,33,39). The summed E-state index contributed by atoms with van der Waals surface area (Å²) in [6.07, 6.45) is 8.61. The van der Waals surface area contributed by atoms with Crippen molar-refractivity contribution in [1.82, 2.24) is 34.8 Å². The van der Waals surface area contributed by atoms with E-state index >= 15 is 0 Å². The third-order valence-corrected chi connectivity index (χ3v) is 10.1. The van der Waals surface area contributed by atoms with Gasteiger partial charge in [-0.15, -0.1) is 0 Å². The van der Waals surface area contributed by atoms with Gasteiger partial charge < -0.3 is 10.2 Å². The van der Waals surface area contributed by atoms with E-state index in [0.29, 0.717) is 19.6 Å². The Morgan fingerprint density at radius 3 is 2.62 bits per heavy atom. The van der Waals surface area contributed by atoms with Crippen molar-refractivity contribution in [3.8, 4) is 0 Å². The highest BCUT2D eigenvalue weighted by Gasteiger charge is 2.50. The minimum absolute atomic E-state index is 0.0607. The zero-order chi connectivity index (χ0) is 26.9. The van der Waals surface area contributed by atoms with Crippen LogP contribution in [0, 0.1) is 19.3 Å². The van der Waals surface area contributed by atoms with Crippen LogP contribution >= 0.6 is 0 Å². The number of hydrogen-bond donors (Lipinski definition) is 1. The third-order valence-electron chi connectivity index (χ3n) is 10.1. The molecule has 4 fully saturated rings. The van der Waals surface area contributed by atoms with Gasteiger partial charge >= 0.3 is 0 Å². The molecule has 1 N–H and O–H groups in total. The van der Waals surface area contributed by atoms with Gasteiger partial charge in [-0.1, -0.05) is 0 Å². The van der Waals surface area contributed by atoms with E-state index < -0.39 is 6.17 Å². The number of carbonyl (C=O) groups is 1. The number of aromatic nitrogens is 5. The summed E-state index contributed by atoms with van der Waals surface area (Å²) in [4.78, 5) is 21.7. The maximum atomic E-state index is 13.1. The normalized spacial score (nSPS) is 27.1. The van der Waals surface area contributed by atoms with Crippen LogP contribution in [0.25, 0.3) is 11.0 Å². The Labute approximate surface area is 228 Å². The number of hydrogen-bond acceptors (Lipinski definition) is 6. The van der Waals surface area contributed by atoms with Crippen LogP contribution < -0.4 is 10.2 Å². The fraction of sp³-hybridized carbons (Fsp3) is 0.655. The van der Waals surface area contributed by atoms with E-state index in [4.69, 9.17) is 10.1 Å². The molecule has 3 saturated carbocycles. The summed E-state index contributed by atoms with van der Waals surface area (Å²) in [7, 11) is 1.95. The molecule has 1 amide bonds. The number of likely N-dealkylation sites (tertiary alicyclic amines) is 1. The minimum atomic E-state index is -0.766. The Hall–Kier alpha value is -3.01. The van der Waals surface area contributed by atoms with Crippen LogP contribution in [0.2, 0.25) is 0 Å². The maximum Gasteiger partial charge on any atom is 0.234 e. The lowest BCUT2D eigenvalue weighted by Gasteiger charge is -2.54. The van der Waals surface area contributed by atoms with Crippen LogP contribution in [0.15, 0.2) is 12.3 Å². The summed E-state index contributed by atoms with van der Waals surface area (Å²) >= 11 is 0. The predicted octanol–water partition coefficient (Wildman–Crippen LogP) is 3.21. The summed E-state index contributed by atoms with van der Waals surface area (Å²) in [5.41, 5.74) is 7.22. The topological polar surface area (TPSA) is 84.1 Å². The summed E-state index contributed by atoms with van der Waals surface area (Å²) in [6, 6.07) is 2.18. The molecule has 5 heterocycles. The summed E-state index contributed by atoms with van der Waals surface area (Å²) in [5, 5.41) is 14.0. The average Bonchev–Trinajstić information content (AvgIpc) is 3.42. The lowest BCUT2D eigenvalue weighted by atomic mass is 9.57. The molecule has 5 aliphatic rings. The number of fused-ring (bicyclic) bond motifs is 5. The van der Waals surface area contributed by atoms with Gasteiger partial charge in [0.25, 0.3) is 0 Å². The van der Waals surface area contributed by atoms with Gasteiger partial charge in [0, 0.05) is 68.7 Å². The number of halogens is 1. The smallest absolute Gasteiger partial charge is 0.234 e. The number of rotatable bonds is 6. The first-order valence-corrected chi connectivity index (χ1v) is 14.5. The van der Waals surface area contributed by atoms with Crippen molar-refractivity contribution in [1.29, 1.82) is 0 Å². The number of aryl methyl sites for hydroxylation is 3. The van der Waals surface area contributed by atoms with Crippen LogP contribution in [-0.4, -0.2) is 73.2 Å². The first-order valence-electron chi connectivity index (χ1n) is 14.5. The minimum Gasteiger partial charge on any atom is -0.366 e. The quantitative estimate of drug-likeness (QED) is 0.523. The van der Waals surface area contributed by atoms with Gasteiger partial charge in [-0.05, 0) is 63.9 Å². The van der Waals surface area contributed by atoms with E-state index in [1.807, 2.05) is 22.8 Å².